The van der Waals surface area contributed by atoms with Crippen LogP contribution in [0.4, 0.5) is 0 Å². The molecule has 1 aromatic carbocycles. The Balaban J connectivity index is 1.43. The molecule has 0 N–H and O–H groups in total. The first-order valence-electron chi connectivity index (χ1n) is 9.41. The molecule has 0 bridgehead atoms. The summed E-state index contributed by atoms with van der Waals surface area (Å²) in [4.78, 5) is 14.9. The van der Waals surface area contributed by atoms with E-state index in [0.29, 0.717) is 17.9 Å². The summed E-state index contributed by atoms with van der Waals surface area (Å²) in [7, 11) is 0. The highest BCUT2D eigenvalue weighted by Crippen LogP contribution is 2.33. The van der Waals surface area contributed by atoms with Gasteiger partial charge in [0.15, 0.2) is 0 Å². The second kappa shape index (κ2) is 7.50. The Labute approximate surface area is 163 Å². The third-order valence-corrected chi connectivity index (χ3v) is 5.17. The molecule has 1 fully saturated rings. The zero-order valence-electron chi connectivity index (χ0n) is 16.3. The lowest BCUT2D eigenvalue weighted by molar-refractivity contribution is 0.0731. The predicted octanol–water partition coefficient (Wildman–Crippen LogP) is 4.14. The molecular formula is C21H23N3O4. The monoisotopic (exact) mass is 381 g/mol. The van der Waals surface area contributed by atoms with Gasteiger partial charge in [0.2, 0.25) is 0 Å². The van der Waals surface area contributed by atoms with Gasteiger partial charge in [-0.2, -0.15) is 0 Å². The van der Waals surface area contributed by atoms with Gasteiger partial charge in [0, 0.05) is 18.2 Å². The Hall–Kier alpha value is -3.09. The Kier molecular flexibility index (Phi) is 4.90. The molecule has 3 aromatic rings. The van der Waals surface area contributed by atoms with E-state index in [4.69, 9.17) is 13.8 Å². The second-order valence-electron chi connectivity index (χ2n) is 7.13. The van der Waals surface area contributed by atoms with Crippen LogP contribution in [0.2, 0.25) is 0 Å². The maximum atomic E-state index is 13.0. The Morgan fingerprint density at radius 2 is 1.96 bits per heavy atom. The number of rotatable bonds is 5. The molecule has 4 rings (SSSR count). The van der Waals surface area contributed by atoms with E-state index >= 15 is 0 Å². The topological polar surface area (TPSA) is 81.6 Å². The number of hydrogen-bond donors (Lipinski definition) is 0. The molecule has 1 atom stereocenters. The van der Waals surface area contributed by atoms with Crippen molar-refractivity contribution in [3.8, 4) is 5.75 Å². The van der Waals surface area contributed by atoms with Gasteiger partial charge in [-0.05, 0) is 57.9 Å². The van der Waals surface area contributed by atoms with Crippen LogP contribution in [-0.4, -0.2) is 27.7 Å². The molecular weight excluding hydrogens is 358 g/mol. The smallest absolute Gasteiger partial charge is 0.254 e. The van der Waals surface area contributed by atoms with Crippen molar-refractivity contribution in [3.63, 3.8) is 0 Å². The largest absolute Gasteiger partial charge is 0.489 e. The summed E-state index contributed by atoms with van der Waals surface area (Å²) >= 11 is 0. The van der Waals surface area contributed by atoms with Gasteiger partial charge in [0.05, 0.1) is 17.3 Å². The quantitative estimate of drug-likeness (QED) is 0.660. The summed E-state index contributed by atoms with van der Waals surface area (Å²) in [6.07, 6.45) is 1.86. The Morgan fingerprint density at radius 1 is 1.18 bits per heavy atom. The standard InChI is InChI=1S/C21H23N3O4/c1-13-11-19(23-27-13)20-5-4-10-24(20)21(25)16-6-8-17(9-7-16)26-12-18-14(2)22-28-15(18)3/h6-9,11,20H,4-5,10,12H2,1-3H3/t20-/m0/s1. The van der Waals surface area contributed by atoms with Gasteiger partial charge in [0.25, 0.3) is 5.91 Å². The van der Waals surface area contributed by atoms with Crippen LogP contribution in [0.1, 0.15) is 57.7 Å². The molecule has 0 radical (unpaired) electrons. The van der Waals surface area contributed by atoms with Gasteiger partial charge in [0.1, 0.15) is 29.6 Å². The van der Waals surface area contributed by atoms with Crippen LogP contribution in [0, 0.1) is 20.8 Å². The lowest BCUT2D eigenvalue weighted by Gasteiger charge is -2.23. The van der Waals surface area contributed by atoms with Crippen LogP contribution < -0.4 is 4.74 Å². The number of aromatic nitrogens is 2. The molecule has 7 nitrogen and oxygen atoms in total. The number of nitrogens with zero attached hydrogens (tertiary/aromatic N) is 3. The van der Waals surface area contributed by atoms with Crippen molar-refractivity contribution in [2.45, 2.75) is 46.3 Å². The van der Waals surface area contributed by atoms with Gasteiger partial charge < -0.3 is 18.7 Å². The zero-order chi connectivity index (χ0) is 19.7. The molecule has 0 unspecified atom stereocenters. The van der Waals surface area contributed by atoms with Crippen LogP contribution in [-0.2, 0) is 6.61 Å². The minimum atomic E-state index is -0.0274. The first-order chi connectivity index (χ1) is 13.5. The van der Waals surface area contributed by atoms with E-state index in [2.05, 4.69) is 10.3 Å². The van der Waals surface area contributed by atoms with E-state index in [1.807, 2.05) is 43.9 Å². The Morgan fingerprint density at radius 3 is 2.61 bits per heavy atom. The third kappa shape index (κ3) is 3.52. The van der Waals surface area contributed by atoms with Crippen LogP contribution in [0.25, 0.3) is 0 Å². The van der Waals surface area contributed by atoms with Gasteiger partial charge in [-0.15, -0.1) is 0 Å². The van der Waals surface area contributed by atoms with Crippen LogP contribution >= 0.6 is 0 Å². The highest BCUT2D eigenvalue weighted by atomic mass is 16.5. The fourth-order valence-electron chi connectivity index (χ4n) is 3.58. The molecule has 0 saturated carbocycles. The number of ether oxygens (including phenoxy) is 1. The lowest BCUT2D eigenvalue weighted by Crippen LogP contribution is -2.30. The van der Waals surface area contributed by atoms with E-state index in [0.717, 1.165) is 47.9 Å². The van der Waals surface area contributed by atoms with Gasteiger partial charge in [-0.1, -0.05) is 10.3 Å². The van der Waals surface area contributed by atoms with Crippen molar-refractivity contribution in [2.75, 3.05) is 6.54 Å². The van der Waals surface area contributed by atoms with Crippen molar-refractivity contribution in [1.82, 2.24) is 15.2 Å². The maximum absolute atomic E-state index is 13.0. The van der Waals surface area contributed by atoms with Crippen LogP contribution in [0.5, 0.6) is 5.75 Å². The summed E-state index contributed by atoms with van der Waals surface area (Å²) in [6.45, 7) is 6.72. The van der Waals surface area contributed by atoms with E-state index in [-0.39, 0.29) is 11.9 Å². The number of carbonyl (C=O) groups excluding carboxylic acids is 1. The van der Waals surface area contributed by atoms with E-state index < -0.39 is 0 Å². The molecule has 2 aromatic heterocycles. The molecule has 28 heavy (non-hydrogen) atoms. The normalized spacial score (nSPS) is 16.5. The SMILES string of the molecule is Cc1cc([C@@H]2CCCN2C(=O)c2ccc(OCc3c(C)noc3C)cc2)no1. The molecule has 0 aliphatic carbocycles. The molecule has 7 heteroatoms. The predicted molar refractivity (Wildman–Crippen MR) is 101 cm³/mol. The van der Waals surface area contributed by atoms with Gasteiger partial charge in [-0.25, -0.2) is 0 Å². The summed E-state index contributed by atoms with van der Waals surface area (Å²) < 4.78 is 16.2. The van der Waals surface area contributed by atoms with E-state index in [9.17, 15) is 4.79 Å². The van der Waals surface area contributed by atoms with Crippen LogP contribution in [0.3, 0.4) is 0 Å². The molecule has 1 aliphatic heterocycles. The van der Waals surface area contributed by atoms with E-state index in [1.165, 1.54) is 0 Å². The highest BCUT2D eigenvalue weighted by Gasteiger charge is 2.32. The fourth-order valence-corrected chi connectivity index (χ4v) is 3.58. The summed E-state index contributed by atoms with van der Waals surface area (Å²) in [5, 5.41) is 8.03. The zero-order valence-corrected chi connectivity index (χ0v) is 16.3. The lowest BCUT2D eigenvalue weighted by atomic mass is 10.1. The number of likely N-dealkylation sites (tertiary alicyclic amines) is 1. The third-order valence-electron chi connectivity index (χ3n) is 5.17. The molecule has 1 saturated heterocycles. The van der Waals surface area contributed by atoms with E-state index in [1.54, 1.807) is 12.1 Å². The highest BCUT2D eigenvalue weighted by molar-refractivity contribution is 5.94. The first kappa shape index (κ1) is 18.3. The number of amides is 1. The average Bonchev–Trinajstić information content (AvgIpc) is 3.41. The number of benzene rings is 1. The summed E-state index contributed by atoms with van der Waals surface area (Å²) in [5.41, 5.74) is 3.23. The maximum Gasteiger partial charge on any atom is 0.254 e. The minimum absolute atomic E-state index is 0.000395. The molecule has 0 spiro atoms. The van der Waals surface area contributed by atoms with Gasteiger partial charge >= 0.3 is 0 Å². The van der Waals surface area contributed by atoms with Crippen LogP contribution in [0.15, 0.2) is 39.4 Å². The average molecular weight is 381 g/mol. The van der Waals surface area contributed by atoms with Gasteiger partial charge in [-0.3, -0.25) is 4.79 Å². The minimum Gasteiger partial charge on any atom is -0.489 e. The molecule has 1 aliphatic rings. The molecule has 146 valence electrons. The number of carbonyl (C=O) groups is 1. The second-order valence-corrected chi connectivity index (χ2v) is 7.13. The van der Waals surface area contributed by atoms with Crippen molar-refractivity contribution in [2.24, 2.45) is 0 Å². The summed E-state index contributed by atoms with van der Waals surface area (Å²) in [5.74, 6) is 2.21. The fraction of sp³-hybridized carbons (Fsp3) is 0.381. The van der Waals surface area contributed by atoms with Crippen molar-refractivity contribution < 1.29 is 18.6 Å². The molecule has 3 heterocycles. The number of aryl methyl sites for hydroxylation is 3. The molecule has 1 amide bonds. The summed E-state index contributed by atoms with van der Waals surface area (Å²) in [6, 6.07) is 9.11. The van der Waals surface area contributed by atoms with Crippen molar-refractivity contribution >= 4 is 5.91 Å². The van der Waals surface area contributed by atoms with Crippen molar-refractivity contribution in [1.29, 1.82) is 0 Å². The number of hydrogen-bond acceptors (Lipinski definition) is 6. The van der Waals surface area contributed by atoms with Crippen molar-refractivity contribution in [3.05, 3.63) is 64.4 Å². The Bertz CT molecular complexity index is 954. The first-order valence-corrected chi connectivity index (χ1v) is 9.41.